The van der Waals surface area contributed by atoms with Crippen LogP contribution in [0.2, 0.25) is 0 Å². The largest absolute Gasteiger partial charge is 0.496 e. The zero-order valence-corrected chi connectivity index (χ0v) is 8.52. The van der Waals surface area contributed by atoms with Crippen molar-refractivity contribution < 1.29 is 9.94 Å². The Balaban J connectivity index is 3.03. The maximum Gasteiger partial charge on any atom is 0.294 e. The Hall–Kier alpha value is -1.97. The van der Waals surface area contributed by atoms with Crippen LogP contribution in [0.25, 0.3) is 10.8 Å². The molecule has 1 aromatic heterocycles. The molecule has 0 aliphatic rings. The summed E-state index contributed by atoms with van der Waals surface area (Å²) in [4.78, 5) is 11.7. The Labute approximate surface area is 86.3 Å². The van der Waals surface area contributed by atoms with Gasteiger partial charge in [-0.1, -0.05) is 12.1 Å². The van der Waals surface area contributed by atoms with Crippen LogP contribution in [-0.2, 0) is 0 Å². The van der Waals surface area contributed by atoms with Crippen molar-refractivity contribution in [3.8, 4) is 5.75 Å². The fourth-order valence-electron chi connectivity index (χ4n) is 1.68. The first-order valence-corrected chi connectivity index (χ1v) is 4.53. The van der Waals surface area contributed by atoms with E-state index in [1.54, 1.807) is 6.07 Å². The lowest BCUT2D eigenvalue weighted by Gasteiger charge is -2.07. The summed E-state index contributed by atoms with van der Waals surface area (Å²) in [6.07, 6.45) is 1.39. The van der Waals surface area contributed by atoms with Crippen LogP contribution in [0.3, 0.4) is 0 Å². The highest BCUT2D eigenvalue weighted by atomic mass is 16.5. The van der Waals surface area contributed by atoms with Crippen LogP contribution in [-0.4, -0.2) is 17.0 Å². The Morgan fingerprint density at radius 2 is 2.13 bits per heavy atom. The van der Waals surface area contributed by atoms with Gasteiger partial charge in [-0.25, -0.2) is 0 Å². The van der Waals surface area contributed by atoms with Crippen LogP contribution in [0.15, 0.2) is 29.2 Å². The average Bonchev–Trinajstić information content (AvgIpc) is 2.25. The molecule has 1 heterocycles. The van der Waals surface area contributed by atoms with Crippen LogP contribution in [0, 0.1) is 6.92 Å². The number of pyridine rings is 1. The third-order valence-corrected chi connectivity index (χ3v) is 2.41. The Kier molecular flexibility index (Phi) is 2.11. The van der Waals surface area contributed by atoms with Crippen molar-refractivity contribution in [3.05, 3.63) is 40.3 Å². The minimum Gasteiger partial charge on any atom is -0.496 e. The molecule has 0 saturated carbocycles. The molecule has 0 saturated heterocycles. The smallest absolute Gasteiger partial charge is 0.294 e. The molecular weight excluding hydrogens is 194 g/mol. The maximum absolute atomic E-state index is 11.7. The molecule has 0 aliphatic heterocycles. The van der Waals surface area contributed by atoms with E-state index in [0.29, 0.717) is 15.9 Å². The van der Waals surface area contributed by atoms with Crippen LogP contribution in [0.4, 0.5) is 0 Å². The minimum atomic E-state index is -0.465. The fraction of sp³-hybridized carbons (Fsp3) is 0.182. The second-order valence-corrected chi connectivity index (χ2v) is 3.34. The third kappa shape index (κ3) is 1.34. The molecule has 15 heavy (non-hydrogen) atoms. The topological polar surface area (TPSA) is 51.5 Å². The van der Waals surface area contributed by atoms with Gasteiger partial charge in [0.25, 0.3) is 5.56 Å². The summed E-state index contributed by atoms with van der Waals surface area (Å²) in [5.41, 5.74) is 0.360. The van der Waals surface area contributed by atoms with E-state index < -0.39 is 5.56 Å². The van der Waals surface area contributed by atoms with Crippen LogP contribution >= 0.6 is 0 Å². The number of rotatable bonds is 1. The monoisotopic (exact) mass is 205 g/mol. The molecule has 0 radical (unpaired) electrons. The minimum absolute atomic E-state index is 0.405. The van der Waals surface area contributed by atoms with Gasteiger partial charge in [0.2, 0.25) is 0 Å². The van der Waals surface area contributed by atoms with Gasteiger partial charge >= 0.3 is 0 Å². The zero-order chi connectivity index (χ0) is 11.0. The van der Waals surface area contributed by atoms with Crippen LogP contribution in [0.5, 0.6) is 5.75 Å². The van der Waals surface area contributed by atoms with E-state index in [9.17, 15) is 10.0 Å². The van der Waals surface area contributed by atoms with Gasteiger partial charge in [-0.15, -0.1) is 0 Å². The normalized spacial score (nSPS) is 10.5. The van der Waals surface area contributed by atoms with Crippen molar-refractivity contribution in [2.75, 3.05) is 7.11 Å². The van der Waals surface area contributed by atoms with Crippen molar-refractivity contribution in [3.63, 3.8) is 0 Å². The summed E-state index contributed by atoms with van der Waals surface area (Å²) in [6.45, 7) is 1.83. The van der Waals surface area contributed by atoms with E-state index in [1.807, 2.05) is 19.1 Å². The van der Waals surface area contributed by atoms with Crippen molar-refractivity contribution >= 4 is 10.8 Å². The lowest BCUT2D eigenvalue weighted by molar-refractivity contribution is 0.176. The number of nitrogens with zero attached hydrogens (tertiary/aromatic N) is 1. The van der Waals surface area contributed by atoms with Crippen molar-refractivity contribution in [2.24, 2.45) is 0 Å². The SMILES string of the molecule is COc1cccc2c(C)cn(O)c(=O)c12. The van der Waals surface area contributed by atoms with Gasteiger partial charge in [0, 0.05) is 0 Å². The first-order valence-electron chi connectivity index (χ1n) is 4.53. The number of aromatic nitrogens is 1. The predicted molar refractivity (Wildman–Crippen MR) is 56.7 cm³/mol. The van der Waals surface area contributed by atoms with Gasteiger partial charge in [-0.2, -0.15) is 4.73 Å². The summed E-state index contributed by atoms with van der Waals surface area (Å²) in [5.74, 6) is 0.476. The molecule has 0 unspecified atom stereocenters. The summed E-state index contributed by atoms with van der Waals surface area (Å²) in [5, 5.41) is 10.6. The second kappa shape index (κ2) is 3.31. The van der Waals surface area contributed by atoms with Crippen molar-refractivity contribution in [1.82, 2.24) is 4.73 Å². The molecule has 0 atom stereocenters. The summed E-state index contributed by atoms with van der Waals surface area (Å²) in [6, 6.07) is 5.34. The van der Waals surface area contributed by atoms with Gasteiger partial charge in [0.15, 0.2) is 0 Å². The van der Waals surface area contributed by atoms with E-state index in [-0.39, 0.29) is 0 Å². The summed E-state index contributed by atoms with van der Waals surface area (Å²) >= 11 is 0. The van der Waals surface area contributed by atoms with Gasteiger partial charge in [-0.05, 0) is 23.9 Å². The molecule has 2 aromatic rings. The van der Waals surface area contributed by atoms with Crippen LogP contribution in [0.1, 0.15) is 5.56 Å². The number of fused-ring (bicyclic) bond motifs is 1. The molecule has 1 N–H and O–H groups in total. The summed E-state index contributed by atoms with van der Waals surface area (Å²) in [7, 11) is 1.50. The molecule has 0 amide bonds. The standard InChI is InChI=1S/C11H11NO3/c1-7-6-12(14)11(13)10-8(7)4-3-5-9(10)15-2/h3-6,14H,1-2H3. The number of hydrogen-bond donors (Lipinski definition) is 1. The molecule has 78 valence electrons. The van der Waals surface area contributed by atoms with Gasteiger partial charge < -0.3 is 9.94 Å². The number of methoxy groups -OCH3 is 1. The number of benzene rings is 1. The molecule has 2 rings (SSSR count). The van der Waals surface area contributed by atoms with E-state index in [2.05, 4.69) is 0 Å². The highest BCUT2D eigenvalue weighted by Gasteiger charge is 2.09. The molecule has 0 spiro atoms. The number of ether oxygens (including phenoxy) is 1. The van der Waals surface area contributed by atoms with Gasteiger partial charge in [0.1, 0.15) is 5.75 Å². The quantitative estimate of drug-likeness (QED) is 0.719. The number of hydrogen-bond acceptors (Lipinski definition) is 3. The van der Waals surface area contributed by atoms with E-state index in [1.165, 1.54) is 13.3 Å². The van der Waals surface area contributed by atoms with Crippen molar-refractivity contribution in [2.45, 2.75) is 6.92 Å². The average molecular weight is 205 g/mol. The molecule has 4 nitrogen and oxygen atoms in total. The van der Waals surface area contributed by atoms with E-state index in [0.717, 1.165) is 10.9 Å². The van der Waals surface area contributed by atoms with Crippen LogP contribution < -0.4 is 10.3 Å². The first kappa shape index (κ1) is 9.58. The van der Waals surface area contributed by atoms with E-state index >= 15 is 0 Å². The molecule has 0 fully saturated rings. The van der Waals surface area contributed by atoms with E-state index in [4.69, 9.17) is 4.74 Å². The summed E-state index contributed by atoms with van der Waals surface area (Å²) < 4.78 is 5.68. The lowest BCUT2D eigenvalue weighted by Crippen LogP contribution is -2.18. The van der Waals surface area contributed by atoms with Crippen molar-refractivity contribution in [1.29, 1.82) is 0 Å². The highest BCUT2D eigenvalue weighted by Crippen LogP contribution is 2.23. The second-order valence-electron chi connectivity index (χ2n) is 3.34. The zero-order valence-electron chi connectivity index (χ0n) is 8.52. The molecule has 1 aromatic carbocycles. The fourth-order valence-corrected chi connectivity index (χ4v) is 1.68. The predicted octanol–water partition coefficient (Wildman–Crippen LogP) is 1.56. The molecule has 4 heteroatoms. The molecule has 0 aliphatic carbocycles. The number of aryl methyl sites for hydroxylation is 1. The Bertz CT molecular complexity index is 572. The maximum atomic E-state index is 11.7. The first-order chi connectivity index (χ1) is 7.15. The highest BCUT2D eigenvalue weighted by molar-refractivity contribution is 5.89. The molecule has 0 bridgehead atoms. The van der Waals surface area contributed by atoms with Gasteiger partial charge in [0.05, 0.1) is 18.7 Å². The third-order valence-electron chi connectivity index (χ3n) is 2.41. The Morgan fingerprint density at radius 3 is 2.80 bits per heavy atom. The Morgan fingerprint density at radius 1 is 1.40 bits per heavy atom. The van der Waals surface area contributed by atoms with Gasteiger partial charge in [-0.3, -0.25) is 4.79 Å². The molecular formula is C11H11NO3. The lowest BCUT2D eigenvalue weighted by atomic mass is 10.1.